The lowest BCUT2D eigenvalue weighted by atomic mass is 9.83. The van der Waals surface area contributed by atoms with Gasteiger partial charge in [-0.05, 0) is 68.8 Å². The number of ether oxygens (including phenoxy) is 5. The first kappa shape index (κ1) is 67.0. The molecule has 0 aliphatic carbocycles. The molecule has 0 radical (unpaired) electrons. The maximum Gasteiger partial charge on any atom is 0.524 e. The van der Waals surface area contributed by atoms with Crippen LogP contribution in [0.25, 0.3) is 0 Å². The van der Waals surface area contributed by atoms with Crippen LogP contribution in [0.4, 0.5) is 5.69 Å². The summed E-state index contributed by atoms with van der Waals surface area (Å²) < 4.78 is 44.4. The van der Waals surface area contributed by atoms with Crippen molar-refractivity contribution in [3.8, 4) is 5.75 Å². The summed E-state index contributed by atoms with van der Waals surface area (Å²) in [6, 6.07) is 2.50. The van der Waals surface area contributed by atoms with Crippen LogP contribution in [0.1, 0.15) is 120 Å². The number of piperidine rings is 1. The average Bonchev–Trinajstić information content (AvgIpc) is 4.04. The second kappa shape index (κ2) is 33.4. The number of carboxylic acids is 1. The van der Waals surface area contributed by atoms with Gasteiger partial charge in [-0.3, -0.25) is 57.9 Å². The van der Waals surface area contributed by atoms with Crippen molar-refractivity contribution in [1.82, 2.24) is 25.0 Å². The number of esters is 1. The summed E-state index contributed by atoms with van der Waals surface area (Å²) in [7, 11) is -1.47. The number of ketones is 1. The number of benzene rings is 1. The zero-order valence-corrected chi connectivity index (χ0v) is 48.8. The molecular weight excluding hydrogens is 1080 g/mol. The van der Waals surface area contributed by atoms with Gasteiger partial charge in [-0.25, -0.2) is 9.55 Å². The second-order valence-electron chi connectivity index (χ2n) is 20.5. The average molecular weight is 1170 g/mol. The molecule has 0 spiro atoms. The van der Waals surface area contributed by atoms with Crippen LogP contribution in [0.2, 0.25) is 0 Å². The van der Waals surface area contributed by atoms with Crippen molar-refractivity contribution >= 4 is 72.1 Å². The van der Waals surface area contributed by atoms with Gasteiger partial charge in [-0.1, -0.05) is 53.5 Å². The molecule has 1 fully saturated rings. The predicted molar refractivity (Wildman–Crippen MR) is 293 cm³/mol. The number of hydrogen-bond donors (Lipinski definition) is 5. The number of rotatable bonds is 37. The van der Waals surface area contributed by atoms with E-state index in [4.69, 9.17) is 28.2 Å². The van der Waals surface area contributed by atoms with Crippen LogP contribution in [0.15, 0.2) is 35.7 Å². The van der Waals surface area contributed by atoms with E-state index in [1.807, 2.05) is 34.7 Å². The Morgan fingerprint density at radius 2 is 1.52 bits per heavy atom. The Kier molecular flexibility index (Phi) is 28.0. The second-order valence-corrected chi connectivity index (χ2v) is 22.5. The molecule has 4 rings (SSSR count). The third-order valence-electron chi connectivity index (χ3n) is 14.0. The molecule has 1 saturated heterocycles. The van der Waals surface area contributed by atoms with Crippen molar-refractivity contribution in [2.45, 2.75) is 124 Å². The lowest BCUT2D eigenvalue weighted by molar-refractivity contribution is -0.150. The van der Waals surface area contributed by atoms with Crippen LogP contribution >= 0.6 is 19.2 Å². The Balaban J connectivity index is 1.37. The standard InChI is InChI=1S/C54H81N6O18PS/c1-9-35(4)40(31-45(62)43-12-10-11-18-58(43)7)53(67)59(8)44(34(2)3)32-47(77-37(6)61)52-57-42(33-80-52)51(66)55-39(28-36(5)54(68)69)29-38-13-14-46(78-79(70,71)72)41(30-38)56-48(63)17-20-73-22-24-75-26-27-76-25-23-74-21-19-60-49(64)15-16-50(60)65/h13-16,30,33-36,39-40,43-44,47H,9-12,17-29,31-32H2,1-8H3,(H,55,66)(H,56,63)(H,68,69)(H2,70,71,72)/t35-,36?,39+,40-,43?,44+,47+/m0/s1. The van der Waals surface area contributed by atoms with Gasteiger partial charge >= 0.3 is 19.8 Å². The molecule has 80 heavy (non-hydrogen) atoms. The number of phosphoric ester groups is 1. The summed E-state index contributed by atoms with van der Waals surface area (Å²) in [5, 5.41) is 17.1. The lowest BCUT2D eigenvalue weighted by Gasteiger charge is -2.37. The minimum Gasteiger partial charge on any atom is -0.481 e. The summed E-state index contributed by atoms with van der Waals surface area (Å²) in [4.78, 5) is 132. The molecule has 1 aromatic carbocycles. The highest BCUT2D eigenvalue weighted by Crippen LogP contribution is 2.42. The molecule has 2 unspecified atom stereocenters. The Morgan fingerprint density at radius 3 is 2.10 bits per heavy atom. The number of carboxylic acid groups (broad SMARTS) is 1. The molecule has 1 aromatic heterocycles. The molecule has 5 N–H and O–H groups in total. The number of carbonyl (C=O) groups excluding carboxylic acids is 7. The molecule has 2 aliphatic heterocycles. The highest BCUT2D eigenvalue weighted by molar-refractivity contribution is 7.46. The molecule has 26 heteroatoms. The largest absolute Gasteiger partial charge is 0.524 e. The normalized spacial score (nSPS) is 17.1. The van der Waals surface area contributed by atoms with E-state index in [2.05, 4.69) is 20.5 Å². The topological polar surface area (TPSA) is 316 Å². The highest BCUT2D eigenvalue weighted by Gasteiger charge is 2.38. The van der Waals surface area contributed by atoms with Gasteiger partial charge in [0.15, 0.2) is 17.6 Å². The number of likely N-dealkylation sites (N-methyl/N-ethyl adjacent to an activating group) is 1. The lowest BCUT2D eigenvalue weighted by Crippen LogP contribution is -2.48. The monoisotopic (exact) mass is 1160 g/mol. The van der Waals surface area contributed by atoms with Crippen LogP contribution in [0, 0.1) is 23.7 Å². The van der Waals surface area contributed by atoms with Crippen LogP contribution in [0.3, 0.4) is 0 Å². The number of hydrogen-bond acceptors (Lipinski definition) is 18. The summed E-state index contributed by atoms with van der Waals surface area (Å²) in [6.45, 7) is 13.1. The highest BCUT2D eigenvalue weighted by atomic mass is 32.1. The third-order valence-corrected chi connectivity index (χ3v) is 15.4. The zero-order valence-electron chi connectivity index (χ0n) is 47.1. The summed E-state index contributed by atoms with van der Waals surface area (Å²) in [6.07, 6.45) is 4.86. The number of Topliss-reactive ketones (excluding diaryl/α,β-unsaturated/α-hetero) is 1. The minimum absolute atomic E-state index is 0.0161. The first-order valence-electron chi connectivity index (χ1n) is 27.1. The van der Waals surface area contributed by atoms with Gasteiger partial charge in [0.05, 0.1) is 83.5 Å². The Morgan fingerprint density at radius 1 is 0.900 bits per heavy atom. The zero-order chi connectivity index (χ0) is 59.1. The number of nitrogens with zero attached hydrogens (tertiary/aromatic N) is 4. The Labute approximate surface area is 471 Å². The molecular formula is C54H81N6O18PS. The van der Waals surface area contributed by atoms with E-state index in [0.29, 0.717) is 12.0 Å². The molecule has 3 heterocycles. The molecule has 24 nitrogen and oxygen atoms in total. The maximum absolute atomic E-state index is 14.4. The van der Waals surface area contributed by atoms with Crippen LogP contribution in [0.5, 0.6) is 5.75 Å². The van der Waals surface area contributed by atoms with Gasteiger partial charge in [0.1, 0.15) is 10.7 Å². The van der Waals surface area contributed by atoms with Gasteiger partial charge in [-0.2, -0.15) is 0 Å². The van der Waals surface area contributed by atoms with Crippen LogP contribution in [-0.2, 0) is 68.2 Å². The van der Waals surface area contributed by atoms with Crippen molar-refractivity contribution in [1.29, 1.82) is 0 Å². The van der Waals surface area contributed by atoms with Crippen molar-refractivity contribution in [2.24, 2.45) is 23.7 Å². The molecule has 5 amide bonds. The van der Waals surface area contributed by atoms with Crippen molar-refractivity contribution in [3.63, 3.8) is 0 Å². The van der Waals surface area contributed by atoms with Gasteiger partial charge < -0.3 is 48.8 Å². The van der Waals surface area contributed by atoms with E-state index in [1.54, 1.807) is 11.9 Å². The van der Waals surface area contributed by atoms with Gasteiger partial charge in [0.25, 0.3) is 17.7 Å². The van der Waals surface area contributed by atoms with Crippen molar-refractivity contribution < 1.29 is 86.0 Å². The van der Waals surface area contributed by atoms with Crippen LogP contribution < -0.4 is 15.2 Å². The molecule has 2 aromatic rings. The summed E-state index contributed by atoms with van der Waals surface area (Å²) in [5.74, 6) is -5.96. The Hall–Kier alpha value is -5.50. The van der Waals surface area contributed by atoms with Gasteiger partial charge in [-0.15, -0.1) is 11.3 Å². The number of thiazole rings is 1. The number of imide groups is 1. The smallest absolute Gasteiger partial charge is 0.481 e. The number of anilines is 1. The molecule has 446 valence electrons. The first-order chi connectivity index (χ1) is 37.9. The SMILES string of the molecule is CC[C@H](C)[C@H](CC(=O)C1CCCCN1C)C(=O)N(C)[C@H](C[C@@H](OC(C)=O)c1nc(C(=O)N[C@@H](Cc2ccc(OP(=O)(O)O)c(NC(=O)CCOCCOCCOCCOCCN3C(=O)C=CC3=O)c2)CC(C)C(=O)O)cs1)C(C)C. The predicted octanol–water partition coefficient (Wildman–Crippen LogP) is 4.97. The maximum atomic E-state index is 14.4. The summed E-state index contributed by atoms with van der Waals surface area (Å²) in [5.41, 5.74) is 0.260. The number of nitrogens with one attached hydrogen (secondary N) is 2. The number of aromatic nitrogens is 1. The number of likely N-dealkylation sites (tertiary alicyclic amines) is 1. The van der Waals surface area contributed by atoms with E-state index in [9.17, 15) is 57.8 Å². The van der Waals surface area contributed by atoms with Crippen LogP contribution in [-0.4, -0.2) is 180 Å². The minimum atomic E-state index is -5.11. The number of carbonyl (C=O) groups is 8. The fraction of sp³-hybridized carbons (Fsp3) is 0.648. The van der Waals surface area contributed by atoms with Gasteiger partial charge in [0.2, 0.25) is 11.8 Å². The number of aliphatic carboxylic acids is 1. The third kappa shape index (κ3) is 22.4. The molecule has 0 bridgehead atoms. The summed E-state index contributed by atoms with van der Waals surface area (Å²) >= 11 is 1.07. The van der Waals surface area contributed by atoms with E-state index >= 15 is 0 Å². The molecule has 0 saturated carbocycles. The quantitative estimate of drug-likeness (QED) is 0.0258. The number of amides is 5. The van der Waals surface area contributed by atoms with E-state index in [-0.39, 0.29) is 155 Å². The fourth-order valence-corrected chi connectivity index (χ4v) is 10.6. The van der Waals surface area contributed by atoms with E-state index < -0.39 is 61.6 Å². The number of phosphoric acid groups is 1. The fourth-order valence-electron chi connectivity index (χ4n) is 9.33. The molecule has 2 aliphatic rings. The van der Waals surface area contributed by atoms with Crippen molar-refractivity contribution in [2.75, 3.05) is 85.4 Å². The van der Waals surface area contributed by atoms with E-state index in [0.717, 1.165) is 42.0 Å². The molecule has 7 atom stereocenters. The van der Waals surface area contributed by atoms with Crippen molar-refractivity contribution in [3.05, 3.63) is 52.0 Å². The first-order valence-corrected chi connectivity index (χ1v) is 29.5. The van der Waals surface area contributed by atoms with E-state index in [1.165, 1.54) is 49.6 Å². The van der Waals surface area contributed by atoms with Gasteiger partial charge in [0, 0.05) is 62.3 Å². The Bertz CT molecular complexity index is 2470.